The number of hydrogen-bond donors (Lipinski definition) is 4. The molecular weight excluding hydrogens is 404 g/mol. The number of nitrogens with one attached hydrogen (secondary N) is 1. The average molecular weight is 435 g/mol. The predicted octanol–water partition coefficient (Wildman–Crippen LogP) is 0.438. The van der Waals surface area contributed by atoms with Gasteiger partial charge in [0.25, 0.3) is 5.88 Å². The summed E-state index contributed by atoms with van der Waals surface area (Å²) < 4.78 is 19.4. The molecule has 0 aliphatic carbocycles. The third kappa shape index (κ3) is 11.5. The molecule has 1 saturated heterocycles. The van der Waals surface area contributed by atoms with Crippen molar-refractivity contribution in [1.29, 1.82) is 0 Å². The third-order valence-electron chi connectivity index (χ3n) is 3.59. The first kappa shape index (κ1) is 25.0. The summed E-state index contributed by atoms with van der Waals surface area (Å²) in [4.78, 5) is 21.4. The van der Waals surface area contributed by atoms with E-state index in [1.54, 1.807) is 0 Å². The van der Waals surface area contributed by atoms with Crippen LogP contribution in [-0.4, -0.2) is 87.1 Å². The minimum absolute atomic E-state index is 0.0257. The van der Waals surface area contributed by atoms with Gasteiger partial charge in [0.2, 0.25) is 5.82 Å². The highest BCUT2D eigenvalue weighted by atomic mass is 32.1. The molecule has 2 heterocycles. The van der Waals surface area contributed by atoms with Crippen LogP contribution in [0.4, 0.5) is 5.82 Å². The molecule has 4 N–H and O–H groups in total. The number of carboxylic acids is 2. The molecule has 1 atom stereocenters. The molecule has 0 radical (unpaired) electrons. The van der Waals surface area contributed by atoms with Crippen LogP contribution < -0.4 is 15.0 Å². The van der Waals surface area contributed by atoms with E-state index in [1.165, 1.54) is 0 Å². The highest BCUT2D eigenvalue weighted by molar-refractivity contribution is 6.99. The molecule has 1 aliphatic heterocycles. The van der Waals surface area contributed by atoms with Crippen LogP contribution >= 0.6 is 11.7 Å². The van der Waals surface area contributed by atoms with E-state index in [1.807, 2.05) is 0 Å². The van der Waals surface area contributed by atoms with Crippen LogP contribution in [0.5, 0.6) is 5.88 Å². The zero-order valence-corrected chi connectivity index (χ0v) is 17.8. The number of β-amino-alcohol motifs (C(OH)–C–C–N with tert-alkyl or cyclic N) is 1. The van der Waals surface area contributed by atoms with Crippen molar-refractivity contribution in [3.05, 3.63) is 0 Å². The normalized spacial score (nSPS) is 15.2. The molecular formula is C17H30N4O7S. The first-order valence-electron chi connectivity index (χ1n) is 9.23. The monoisotopic (exact) mass is 434 g/mol. The summed E-state index contributed by atoms with van der Waals surface area (Å²) in [6, 6.07) is 0. The summed E-state index contributed by atoms with van der Waals surface area (Å²) in [5.74, 6) is -0.907. The molecule has 0 unspecified atom stereocenters. The molecule has 0 spiro atoms. The zero-order valence-electron chi connectivity index (χ0n) is 17.0. The Morgan fingerprint density at radius 1 is 1.21 bits per heavy atom. The van der Waals surface area contributed by atoms with Crippen LogP contribution in [0.2, 0.25) is 0 Å². The molecule has 11 nitrogen and oxygen atoms in total. The number of nitrogens with zero attached hydrogens (tertiary/aromatic N) is 3. The van der Waals surface area contributed by atoms with Gasteiger partial charge in [0.1, 0.15) is 12.7 Å². The summed E-state index contributed by atoms with van der Waals surface area (Å²) in [6.07, 6.45) is -1.17. The maximum Gasteiger partial charge on any atom is 0.303 e. The van der Waals surface area contributed by atoms with Gasteiger partial charge in [0, 0.05) is 25.2 Å². The second kappa shape index (κ2) is 12.5. The maximum absolute atomic E-state index is 9.95. The van der Waals surface area contributed by atoms with E-state index >= 15 is 0 Å². The van der Waals surface area contributed by atoms with Crippen LogP contribution in [0, 0.1) is 0 Å². The second-order valence-corrected chi connectivity index (χ2v) is 7.90. The molecule has 166 valence electrons. The number of carbonyl (C=O) groups is 2. The quantitative estimate of drug-likeness (QED) is 0.428. The maximum atomic E-state index is 9.95. The van der Waals surface area contributed by atoms with E-state index in [-0.39, 0.29) is 25.0 Å². The van der Waals surface area contributed by atoms with Crippen LogP contribution in [0.1, 0.15) is 33.6 Å². The van der Waals surface area contributed by atoms with Gasteiger partial charge in [-0.15, -0.1) is 4.37 Å². The number of ether oxygens (including phenoxy) is 2. The van der Waals surface area contributed by atoms with Gasteiger partial charge in [-0.2, -0.15) is 4.37 Å². The first-order valence-corrected chi connectivity index (χ1v) is 9.96. The molecule has 1 aromatic rings. The number of aromatic nitrogens is 2. The summed E-state index contributed by atoms with van der Waals surface area (Å²) in [6.45, 7) is 9.81. The molecule has 1 fully saturated rings. The van der Waals surface area contributed by atoms with E-state index in [2.05, 4.69) is 39.7 Å². The van der Waals surface area contributed by atoms with E-state index in [4.69, 9.17) is 19.7 Å². The van der Waals surface area contributed by atoms with Crippen LogP contribution in [0.3, 0.4) is 0 Å². The standard InChI is InChI=1S/C13H24N4O3S.C4H6O4/c1-13(2,3)14-8-10(18)9-20-12-11(15-21-16-12)17-4-6-19-7-5-17;5-3(6)1-2-4(7)8/h10,14,18H,4-9H2,1-3H3;1-2H2,(H,5,6)(H,7,8)/t10-;/m0./s1. The van der Waals surface area contributed by atoms with E-state index in [0.717, 1.165) is 30.6 Å². The van der Waals surface area contributed by atoms with Gasteiger partial charge < -0.3 is 35.0 Å². The second-order valence-electron chi connectivity index (χ2n) is 7.38. The lowest BCUT2D eigenvalue weighted by Crippen LogP contribution is -2.42. The lowest BCUT2D eigenvalue weighted by Gasteiger charge is -2.27. The van der Waals surface area contributed by atoms with Crippen molar-refractivity contribution < 1.29 is 34.4 Å². The SMILES string of the molecule is CC(C)(C)NC[C@H](O)COc1nsnc1N1CCOCC1.O=C(O)CCC(=O)O. The Bertz CT molecular complexity index is 616. The van der Waals surface area contributed by atoms with Crippen LogP contribution in [0.25, 0.3) is 0 Å². The average Bonchev–Trinajstić information content (AvgIpc) is 3.12. The fourth-order valence-electron chi connectivity index (χ4n) is 2.11. The van der Waals surface area contributed by atoms with Gasteiger partial charge >= 0.3 is 11.9 Å². The smallest absolute Gasteiger partial charge is 0.303 e. The number of hydrogen-bond acceptors (Lipinski definition) is 10. The number of aliphatic hydroxyl groups excluding tert-OH is 1. The Morgan fingerprint density at radius 2 is 1.79 bits per heavy atom. The Morgan fingerprint density at radius 3 is 2.31 bits per heavy atom. The van der Waals surface area contributed by atoms with Crippen molar-refractivity contribution in [3.8, 4) is 5.88 Å². The van der Waals surface area contributed by atoms with E-state index in [0.29, 0.717) is 25.6 Å². The molecule has 1 aromatic heterocycles. The van der Waals surface area contributed by atoms with Crippen LogP contribution in [0.15, 0.2) is 0 Å². The molecule has 0 amide bonds. The van der Waals surface area contributed by atoms with E-state index < -0.39 is 18.0 Å². The van der Waals surface area contributed by atoms with Gasteiger partial charge in [-0.1, -0.05) is 0 Å². The number of aliphatic hydroxyl groups is 1. The van der Waals surface area contributed by atoms with Gasteiger partial charge in [-0.25, -0.2) is 0 Å². The highest BCUT2D eigenvalue weighted by Gasteiger charge is 2.21. The Balaban J connectivity index is 0.000000447. The first-order chi connectivity index (χ1) is 13.6. The Hall–Kier alpha value is -2.02. The van der Waals surface area contributed by atoms with Gasteiger partial charge in [-0.3, -0.25) is 9.59 Å². The van der Waals surface area contributed by atoms with Crippen LogP contribution in [-0.2, 0) is 14.3 Å². The molecule has 12 heteroatoms. The largest absolute Gasteiger partial charge is 0.481 e. The van der Waals surface area contributed by atoms with Gasteiger partial charge in [0.15, 0.2) is 0 Å². The number of anilines is 1. The van der Waals surface area contributed by atoms with Crippen molar-refractivity contribution >= 4 is 29.5 Å². The van der Waals surface area contributed by atoms with Crippen molar-refractivity contribution in [1.82, 2.24) is 14.1 Å². The van der Waals surface area contributed by atoms with Gasteiger partial charge in [-0.05, 0) is 20.8 Å². The summed E-state index contributed by atoms with van der Waals surface area (Å²) in [7, 11) is 0. The molecule has 1 aliphatic rings. The molecule has 0 aromatic carbocycles. The minimum atomic E-state index is -1.08. The minimum Gasteiger partial charge on any atom is -0.481 e. The highest BCUT2D eigenvalue weighted by Crippen LogP contribution is 2.26. The topological polar surface area (TPSA) is 154 Å². The third-order valence-corrected chi connectivity index (χ3v) is 4.09. The lowest BCUT2D eigenvalue weighted by molar-refractivity contribution is -0.143. The Kier molecular flexibility index (Phi) is 10.8. The van der Waals surface area contributed by atoms with Crippen molar-refractivity contribution in [2.45, 2.75) is 45.3 Å². The number of carboxylic acid groups (broad SMARTS) is 2. The fraction of sp³-hybridized carbons (Fsp3) is 0.765. The number of rotatable bonds is 9. The predicted molar refractivity (Wildman–Crippen MR) is 107 cm³/mol. The molecule has 2 rings (SSSR count). The van der Waals surface area contributed by atoms with Crippen molar-refractivity contribution in [2.24, 2.45) is 0 Å². The Labute approximate surface area is 174 Å². The lowest BCUT2D eigenvalue weighted by atomic mass is 10.1. The van der Waals surface area contributed by atoms with Crippen molar-refractivity contribution in [2.75, 3.05) is 44.4 Å². The number of morpholine rings is 1. The summed E-state index contributed by atoms with van der Waals surface area (Å²) >= 11 is 1.12. The fourth-order valence-corrected chi connectivity index (χ4v) is 2.63. The molecule has 29 heavy (non-hydrogen) atoms. The summed E-state index contributed by atoms with van der Waals surface area (Å²) in [5.41, 5.74) is -0.0257. The molecule has 0 bridgehead atoms. The summed E-state index contributed by atoms with van der Waals surface area (Å²) in [5, 5.41) is 29.0. The zero-order chi connectivity index (χ0) is 21.9. The van der Waals surface area contributed by atoms with Crippen molar-refractivity contribution in [3.63, 3.8) is 0 Å². The number of aliphatic carboxylic acids is 2. The van der Waals surface area contributed by atoms with E-state index in [9.17, 15) is 14.7 Å². The van der Waals surface area contributed by atoms with Gasteiger partial charge in [0.05, 0.1) is 37.8 Å². The molecule has 0 saturated carbocycles.